The summed E-state index contributed by atoms with van der Waals surface area (Å²) in [4.78, 5) is 22.6. The van der Waals surface area contributed by atoms with Crippen LogP contribution in [0.2, 0.25) is 0 Å². The number of carboxylic acid groups (broad SMARTS) is 1. The van der Waals surface area contributed by atoms with E-state index >= 15 is 0 Å². The Bertz CT molecular complexity index is 495. The summed E-state index contributed by atoms with van der Waals surface area (Å²) in [6, 6.07) is 8.16. The summed E-state index contributed by atoms with van der Waals surface area (Å²) in [7, 11) is 0. The highest BCUT2D eigenvalue weighted by atomic mass is 16.6. The predicted octanol–water partition coefficient (Wildman–Crippen LogP) is 2.48. The molecule has 0 aromatic heterocycles. The van der Waals surface area contributed by atoms with Gasteiger partial charge in [-0.3, -0.25) is 4.79 Å². The lowest BCUT2D eigenvalue weighted by Gasteiger charge is -2.27. The van der Waals surface area contributed by atoms with Gasteiger partial charge in [-0.2, -0.15) is 0 Å². The van der Waals surface area contributed by atoms with E-state index in [0.717, 1.165) is 0 Å². The molecule has 0 saturated heterocycles. The van der Waals surface area contributed by atoms with Crippen LogP contribution in [0.25, 0.3) is 0 Å². The molecule has 0 aliphatic rings. The molecule has 0 aliphatic carbocycles. The van der Waals surface area contributed by atoms with Crippen molar-refractivity contribution in [3.63, 3.8) is 0 Å². The van der Waals surface area contributed by atoms with Crippen molar-refractivity contribution >= 4 is 12.1 Å². The average molecular weight is 309 g/mol. The van der Waals surface area contributed by atoms with Crippen molar-refractivity contribution < 1.29 is 24.5 Å². The molecule has 0 spiro atoms. The Hall–Kier alpha value is -2.08. The molecule has 0 fully saturated rings. The summed E-state index contributed by atoms with van der Waals surface area (Å²) in [6.45, 7) is 5.22. The Morgan fingerprint density at radius 3 is 2.32 bits per heavy atom. The minimum Gasteiger partial charge on any atom is -0.481 e. The molecule has 0 saturated carbocycles. The molecule has 122 valence electrons. The molecule has 22 heavy (non-hydrogen) atoms. The van der Waals surface area contributed by atoms with Crippen LogP contribution in [0.3, 0.4) is 0 Å². The highest BCUT2D eigenvalue weighted by molar-refractivity contribution is 5.69. The summed E-state index contributed by atoms with van der Waals surface area (Å²) in [5.41, 5.74) is 0.0309. The number of hydrogen-bond donors (Lipinski definition) is 3. The Morgan fingerprint density at radius 2 is 1.82 bits per heavy atom. The van der Waals surface area contributed by atoms with Gasteiger partial charge in [-0.05, 0) is 32.8 Å². The lowest BCUT2D eigenvalue weighted by molar-refractivity contribution is -0.137. The van der Waals surface area contributed by atoms with Gasteiger partial charge in [0, 0.05) is 6.42 Å². The van der Waals surface area contributed by atoms with Crippen molar-refractivity contribution in [2.24, 2.45) is 0 Å². The maximum atomic E-state index is 11.9. The number of carboxylic acids is 1. The molecule has 6 nitrogen and oxygen atoms in total. The monoisotopic (exact) mass is 309 g/mol. The molecule has 3 N–H and O–H groups in total. The topological polar surface area (TPSA) is 95.9 Å². The molecule has 1 rings (SSSR count). The van der Waals surface area contributed by atoms with E-state index in [1.54, 1.807) is 45.0 Å². The normalized spacial score (nSPS) is 14.0. The third-order valence-corrected chi connectivity index (χ3v) is 2.87. The molecule has 0 aliphatic heterocycles. The fraction of sp³-hybridized carbons (Fsp3) is 0.500. The quantitative estimate of drug-likeness (QED) is 0.750. The second kappa shape index (κ2) is 7.79. The van der Waals surface area contributed by atoms with Crippen LogP contribution in [0.1, 0.15) is 45.2 Å². The number of amides is 1. The molecule has 6 heteroatoms. The van der Waals surface area contributed by atoms with Crippen molar-refractivity contribution in [2.45, 2.75) is 51.4 Å². The molecule has 1 aromatic carbocycles. The largest absolute Gasteiger partial charge is 0.481 e. The number of aliphatic carboxylic acids is 1. The molecule has 0 bridgehead atoms. The van der Waals surface area contributed by atoms with Crippen molar-refractivity contribution in [3.8, 4) is 0 Å². The minimum absolute atomic E-state index is 0.0324. The van der Waals surface area contributed by atoms with E-state index in [9.17, 15) is 14.7 Å². The summed E-state index contributed by atoms with van der Waals surface area (Å²) < 4.78 is 5.19. The lowest BCUT2D eigenvalue weighted by atomic mass is 9.98. The summed E-state index contributed by atoms with van der Waals surface area (Å²) in [5.74, 6) is -0.997. The standard InChI is InChI=1S/C16H23NO5/c1-16(2,3)22-15(21)17-14(11-7-5-4-6-8-11)12(18)9-10-13(19)20/h4-8,12,14,18H,9-10H2,1-3H3,(H,17,21)(H,19,20)/t12-,14-/m0/s1. The summed E-state index contributed by atoms with van der Waals surface area (Å²) in [6.07, 6.45) is -1.83. The van der Waals surface area contributed by atoms with Crippen molar-refractivity contribution in [1.29, 1.82) is 0 Å². The van der Waals surface area contributed by atoms with Crippen LogP contribution in [0.4, 0.5) is 4.79 Å². The number of nitrogens with one attached hydrogen (secondary N) is 1. The van der Waals surface area contributed by atoms with Gasteiger partial charge in [-0.15, -0.1) is 0 Å². The fourth-order valence-corrected chi connectivity index (χ4v) is 1.93. The smallest absolute Gasteiger partial charge is 0.408 e. The molecule has 2 atom stereocenters. The zero-order valence-electron chi connectivity index (χ0n) is 13.1. The van der Waals surface area contributed by atoms with E-state index in [4.69, 9.17) is 9.84 Å². The Kier molecular flexibility index (Phi) is 6.37. The molecular weight excluding hydrogens is 286 g/mol. The number of rotatable bonds is 6. The first-order valence-electron chi connectivity index (χ1n) is 7.13. The van der Waals surface area contributed by atoms with Crippen LogP contribution in [-0.4, -0.2) is 34.0 Å². The summed E-state index contributed by atoms with van der Waals surface area (Å²) >= 11 is 0. The number of benzene rings is 1. The van der Waals surface area contributed by atoms with Gasteiger partial charge >= 0.3 is 12.1 Å². The SMILES string of the molecule is CC(C)(C)OC(=O)N[C@@H](c1ccccc1)[C@@H](O)CCC(=O)O. The summed E-state index contributed by atoms with van der Waals surface area (Å²) in [5, 5.41) is 21.6. The number of carbonyl (C=O) groups is 2. The number of carbonyl (C=O) groups excluding carboxylic acids is 1. The highest BCUT2D eigenvalue weighted by Crippen LogP contribution is 2.21. The van der Waals surface area contributed by atoms with Gasteiger partial charge in [0.25, 0.3) is 0 Å². The third-order valence-electron chi connectivity index (χ3n) is 2.87. The van der Waals surface area contributed by atoms with Crippen LogP contribution < -0.4 is 5.32 Å². The van der Waals surface area contributed by atoms with Gasteiger partial charge < -0.3 is 20.3 Å². The van der Waals surface area contributed by atoms with E-state index in [1.165, 1.54) is 0 Å². The Labute approximate surface area is 130 Å². The Balaban J connectivity index is 2.83. The van der Waals surface area contributed by atoms with Crippen LogP contribution >= 0.6 is 0 Å². The van der Waals surface area contributed by atoms with Crippen LogP contribution in [0.15, 0.2) is 30.3 Å². The van der Waals surface area contributed by atoms with Gasteiger partial charge in [0.15, 0.2) is 0 Å². The van der Waals surface area contributed by atoms with Gasteiger partial charge in [0.1, 0.15) is 5.60 Å². The van der Waals surface area contributed by atoms with Gasteiger partial charge in [-0.25, -0.2) is 4.79 Å². The molecule has 0 heterocycles. The maximum Gasteiger partial charge on any atom is 0.408 e. The zero-order valence-corrected chi connectivity index (χ0v) is 13.1. The van der Waals surface area contributed by atoms with Gasteiger partial charge in [-0.1, -0.05) is 30.3 Å². The second-order valence-electron chi connectivity index (χ2n) is 6.03. The third kappa shape index (κ3) is 6.58. The number of hydrogen-bond acceptors (Lipinski definition) is 4. The number of alkyl carbamates (subject to hydrolysis) is 1. The molecule has 1 amide bonds. The average Bonchev–Trinajstić information content (AvgIpc) is 2.41. The molecular formula is C16H23NO5. The first-order valence-corrected chi connectivity index (χ1v) is 7.13. The van der Waals surface area contributed by atoms with Crippen molar-refractivity contribution in [1.82, 2.24) is 5.32 Å². The van der Waals surface area contributed by atoms with Crippen molar-refractivity contribution in [3.05, 3.63) is 35.9 Å². The van der Waals surface area contributed by atoms with Crippen LogP contribution in [0.5, 0.6) is 0 Å². The Morgan fingerprint density at radius 1 is 1.23 bits per heavy atom. The molecule has 1 aromatic rings. The van der Waals surface area contributed by atoms with E-state index < -0.39 is 29.8 Å². The number of aliphatic hydroxyl groups is 1. The molecule has 0 unspecified atom stereocenters. The van der Waals surface area contributed by atoms with Crippen LogP contribution in [0, 0.1) is 0 Å². The van der Waals surface area contributed by atoms with E-state index in [1.807, 2.05) is 6.07 Å². The van der Waals surface area contributed by atoms with Crippen LogP contribution in [-0.2, 0) is 9.53 Å². The minimum atomic E-state index is -1.02. The first-order chi connectivity index (χ1) is 10.2. The van der Waals surface area contributed by atoms with E-state index in [0.29, 0.717) is 5.56 Å². The van der Waals surface area contributed by atoms with E-state index in [2.05, 4.69) is 5.32 Å². The predicted molar refractivity (Wildman–Crippen MR) is 81.4 cm³/mol. The second-order valence-corrected chi connectivity index (χ2v) is 6.03. The number of ether oxygens (including phenoxy) is 1. The zero-order chi connectivity index (χ0) is 16.8. The fourth-order valence-electron chi connectivity index (χ4n) is 1.93. The molecule has 0 radical (unpaired) electrons. The lowest BCUT2D eigenvalue weighted by Crippen LogP contribution is -2.39. The van der Waals surface area contributed by atoms with E-state index in [-0.39, 0.29) is 12.8 Å². The number of aliphatic hydroxyl groups excluding tert-OH is 1. The maximum absolute atomic E-state index is 11.9. The van der Waals surface area contributed by atoms with Gasteiger partial charge in [0.05, 0.1) is 12.1 Å². The highest BCUT2D eigenvalue weighted by Gasteiger charge is 2.26. The van der Waals surface area contributed by atoms with Gasteiger partial charge in [0.2, 0.25) is 0 Å². The first kappa shape index (κ1) is 18.0. The van der Waals surface area contributed by atoms with Crippen molar-refractivity contribution in [2.75, 3.05) is 0 Å².